The first-order chi connectivity index (χ1) is 13.8. The van der Waals surface area contributed by atoms with Gasteiger partial charge in [0.1, 0.15) is 6.10 Å². The molecule has 2 nitrogen and oxygen atoms in total. The highest BCUT2D eigenvalue weighted by Gasteiger charge is 2.17. The first-order valence-electron chi connectivity index (χ1n) is 8.98. The normalized spacial score (nSPS) is 11.9. The summed E-state index contributed by atoms with van der Waals surface area (Å²) in [4.78, 5) is 8.83. The van der Waals surface area contributed by atoms with E-state index in [4.69, 9.17) is 0 Å². The Morgan fingerprint density at radius 3 is 1.93 bits per heavy atom. The Morgan fingerprint density at radius 1 is 0.643 bits per heavy atom. The van der Waals surface area contributed by atoms with Crippen LogP contribution in [0.2, 0.25) is 0 Å². The summed E-state index contributed by atoms with van der Waals surface area (Å²) in [5, 5.41) is 10.9. The van der Waals surface area contributed by atoms with Crippen molar-refractivity contribution in [3.8, 4) is 0 Å². The highest BCUT2D eigenvalue weighted by atomic mass is 32.2. The quantitative estimate of drug-likeness (QED) is 0.402. The molecule has 0 bridgehead atoms. The van der Waals surface area contributed by atoms with Gasteiger partial charge in [0, 0.05) is 31.3 Å². The van der Waals surface area contributed by atoms with Gasteiger partial charge in [0.15, 0.2) is 0 Å². The van der Waals surface area contributed by atoms with Crippen LogP contribution in [0.25, 0.3) is 0 Å². The number of hydrogen-bond donors (Lipinski definition) is 1. The monoisotopic (exact) mass is 401 g/mol. The van der Waals surface area contributed by atoms with E-state index in [9.17, 15) is 5.11 Å². The third-order valence-electron chi connectivity index (χ3n) is 4.20. The predicted octanol–water partition coefficient (Wildman–Crippen LogP) is 6.47. The summed E-state index contributed by atoms with van der Waals surface area (Å²) in [6.45, 7) is 0. The van der Waals surface area contributed by atoms with Crippen LogP contribution in [0.15, 0.2) is 123 Å². The van der Waals surface area contributed by atoms with Crippen LogP contribution >= 0.6 is 23.5 Å². The van der Waals surface area contributed by atoms with Gasteiger partial charge in [-0.2, -0.15) is 0 Å². The van der Waals surface area contributed by atoms with E-state index in [2.05, 4.69) is 41.4 Å². The second-order valence-electron chi connectivity index (χ2n) is 6.19. The van der Waals surface area contributed by atoms with Crippen LogP contribution in [0.5, 0.6) is 0 Å². The zero-order chi connectivity index (χ0) is 19.2. The smallest absolute Gasteiger partial charge is 0.122 e. The van der Waals surface area contributed by atoms with Crippen molar-refractivity contribution in [1.29, 1.82) is 0 Å². The number of rotatable bonds is 6. The van der Waals surface area contributed by atoms with Crippen molar-refractivity contribution >= 4 is 23.5 Å². The molecule has 28 heavy (non-hydrogen) atoms. The van der Waals surface area contributed by atoms with Gasteiger partial charge >= 0.3 is 0 Å². The Kier molecular flexibility index (Phi) is 6.12. The Hall–Kier alpha value is -2.53. The van der Waals surface area contributed by atoms with Gasteiger partial charge in [-0.1, -0.05) is 72.1 Å². The third kappa shape index (κ3) is 4.65. The number of pyridine rings is 1. The molecule has 1 heterocycles. The second kappa shape index (κ2) is 9.11. The maximum Gasteiger partial charge on any atom is 0.122 e. The minimum atomic E-state index is -0.761. The van der Waals surface area contributed by atoms with Crippen molar-refractivity contribution in [2.45, 2.75) is 25.7 Å². The lowest BCUT2D eigenvalue weighted by Gasteiger charge is -2.16. The van der Waals surface area contributed by atoms with E-state index in [-0.39, 0.29) is 0 Å². The van der Waals surface area contributed by atoms with Gasteiger partial charge in [0.25, 0.3) is 0 Å². The maximum absolute atomic E-state index is 10.9. The summed E-state index contributed by atoms with van der Waals surface area (Å²) < 4.78 is 0. The molecule has 0 saturated heterocycles. The molecule has 0 aliphatic heterocycles. The number of aliphatic hydroxyl groups excluding tert-OH is 1. The lowest BCUT2D eigenvalue weighted by Crippen LogP contribution is -2.03. The fourth-order valence-corrected chi connectivity index (χ4v) is 4.81. The van der Waals surface area contributed by atoms with Gasteiger partial charge in [0.2, 0.25) is 0 Å². The van der Waals surface area contributed by atoms with Gasteiger partial charge in [-0.25, -0.2) is 0 Å². The average Bonchev–Trinajstić information content (AvgIpc) is 2.76. The Balaban J connectivity index is 1.70. The number of aliphatic hydroxyl groups is 1. The van der Waals surface area contributed by atoms with Crippen molar-refractivity contribution in [3.63, 3.8) is 0 Å². The second-order valence-corrected chi connectivity index (χ2v) is 8.45. The SMILES string of the molecule is OC(c1ccccn1)c1ccc(Sc2ccccc2)cc1Sc1ccccc1. The molecular formula is C24H19NOS2. The molecule has 0 amide bonds. The molecule has 1 aromatic heterocycles. The van der Waals surface area contributed by atoms with Crippen LogP contribution in [0, 0.1) is 0 Å². The highest BCUT2D eigenvalue weighted by molar-refractivity contribution is 8.00. The van der Waals surface area contributed by atoms with Crippen molar-refractivity contribution in [2.75, 3.05) is 0 Å². The summed E-state index contributed by atoms with van der Waals surface area (Å²) in [5.41, 5.74) is 1.52. The molecule has 1 atom stereocenters. The lowest BCUT2D eigenvalue weighted by atomic mass is 10.1. The van der Waals surface area contributed by atoms with Crippen LogP contribution < -0.4 is 0 Å². The topological polar surface area (TPSA) is 33.1 Å². The Labute approximate surface area is 173 Å². The van der Waals surface area contributed by atoms with Gasteiger partial charge in [0.05, 0.1) is 5.69 Å². The zero-order valence-electron chi connectivity index (χ0n) is 15.1. The molecule has 0 aliphatic carbocycles. The molecular weight excluding hydrogens is 382 g/mol. The first kappa shape index (κ1) is 18.8. The van der Waals surface area contributed by atoms with Crippen molar-refractivity contribution in [1.82, 2.24) is 4.98 Å². The number of benzene rings is 3. The van der Waals surface area contributed by atoms with E-state index in [1.807, 2.05) is 60.7 Å². The summed E-state index contributed by atoms with van der Waals surface area (Å²) in [5.74, 6) is 0. The van der Waals surface area contributed by atoms with Crippen LogP contribution in [-0.4, -0.2) is 10.1 Å². The molecule has 0 fully saturated rings. The summed E-state index contributed by atoms with van der Waals surface area (Å²) >= 11 is 3.38. The van der Waals surface area contributed by atoms with Crippen molar-refractivity contribution < 1.29 is 5.11 Å². The van der Waals surface area contributed by atoms with Gasteiger partial charge in [-0.15, -0.1) is 0 Å². The van der Waals surface area contributed by atoms with Crippen LogP contribution in [0.1, 0.15) is 17.4 Å². The molecule has 0 saturated carbocycles. The minimum absolute atomic E-state index is 0.654. The molecule has 0 aliphatic rings. The third-order valence-corrected chi connectivity index (χ3v) is 6.28. The van der Waals surface area contributed by atoms with Crippen LogP contribution in [0.3, 0.4) is 0 Å². The molecule has 1 unspecified atom stereocenters. The van der Waals surface area contributed by atoms with Gasteiger partial charge in [-0.3, -0.25) is 4.98 Å². The fraction of sp³-hybridized carbons (Fsp3) is 0.0417. The van der Waals surface area contributed by atoms with Crippen molar-refractivity contribution in [3.05, 3.63) is 115 Å². The van der Waals surface area contributed by atoms with Gasteiger partial charge < -0.3 is 5.11 Å². The molecule has 4 aromatic rings. The van der Waals surface area contributed by atoms with E-state index in [1.54, 1.807) is 29.7 Å². The molecule has 3 aromatic carbocycles. The molecule has 4 heteroatoms. The van der Waals surface area contributed by atoms with E-state index >= 15 is 0 Å². The minimum Gasteiger partial charge on any atom is -0.382 e. The maximum atomic E-state index is 10.9. The first-order valence-corrected chi connectivity index (χ1v) is 10.6. The zero-order valence-corrected chi connectivity index (χ0v) is 16.7. The van der Waals surface area contributed by atoms with E-state index in [0.717, 1.165) is 20.2 Å². The standard InChI is InChI=1S/C24H19NOS2/c26-24(22-13-7-8-16-25-22)21-15-14-20(27-18-9-3-1-4-10-18)17-23(21)28-19-11-5-2-6-12-19/h1-17,24,26H. The molecule has 0 radical (unpaired) electrons. The van der Waals surface area contributed by atoms with E-state index in [1.165, 1.54) is 4.90 Å². The summed E-state index contributed by atoms with van der Waals surface area (Å²) in [6, 6.07) is 32.4. The average molecular weight is 402 g/mol. The van der Waals surface area contributed by atoms with Crippen LogP contribution in [-0.2, 0) is 0 Å². The molecule has 1 N–H and O–H groups in total. The Morgan fingerprint density at radius 2 is 1.29 bits per heavy atom. The Bertz CT molecular complexity index is 1020. The van der Waals surface area contributed by atoms with E-state index < -0.39 is 6.10 Å². The molecule has 0 spiro atoms. The lowest BCUT2D eigenvalue weighted by molar-refractivity contribution is 0.212. The van der Waals surface area contributed by atoms with Gasteiger partial charge in [-0.05, 0) is 48.5 Å². The summed E-state index contributed by atoms with van der Waals surface area (Å²) in [6.07, 6.45) is 0.950. The number of nitrogens with zero attached hydrogens (tertiary/aromatic N) is 1. The fourth-order valence-electron chi connectivity index (χ4n) is 2.83. The summed E-state index contributed by atoms with van der Waals surface area (Å²) in [7, 11) is 0. The largest absolute Gasteiger partial charge is 0.382 e. The van der Waals surface area contributed by atoms with E-state index in [0.29, 0.717) is 5.69 Å². The number of hydrogen-bond acceptors (Lipinski definition) is 4. The highest BCUT2D eigenvalue weighted by Crippen LogP contribution is 2.39. The molecule has 4 rings (SSSR count). The molecule has 138 valence electrons. The predicted molar refractivity (Wildman–Crippen MR) is 116 cm³/mol. The van der Waals surface area contributed by atoms with Crippen LogP contribution in [0.4, 0.5) is 0 Å². The van der Waals surface area contributed by atoms with Crippen molar-refractivity contribution in [2.24, 2.45) is 0 Å². The number of aromatic nitrogens is 1.